The number of carboxylic acids is 3. The standard InChI is InChI=1S/C7H7O7P.3K/c8-4(9)7(5(10)11,6(12)13)2-1-3-15-14;;;/h1-2H2,(H,8,9)(H,10,11)(H,12,13);;;/q;3*+1/p-3. The van der Waals surface area contributed by atoms with E-state index in [1.54, 1.807) is 0 Å². The molecule has 0 bridgehead atoms. The average molecular weight is 348 g/mol. The van der Waals surface area contributed by atoms with E-state index in [0.29, 0.717) is 0 Å². The fourth-order valence-electron chi connectivity index (χ4n) is 0.845. The van der Waals surface area contributed by atoms with Crippen molar-refractivity contribution in [2.75, 3.05) is 0 Å². The second-order valence-corrected chi connectivity index (χ2v) is 3.02. The summed E-state index contributed by atoms with van der Waals surface area (Å²) in [7, 11) is -0.589. The van der Waals surface area contributed by atoms with Gasteiger partial charge in [0.05, 0.1) is 0 Å². The normalized spacial score (nSPS) is 8.44. The van der Waals surface area contributed by atoms with Crippen molar-refractivity contribution < 1.29 is 188 Å². The average Bonchev–Trinajstić information content (AvgIpc) is 2.10. The third-order valence-corrected chi connectivity index (χ3v) is 2.07. The van der Waals surface area contributed by atoms with Crippen LogP contribution in [0.15, 0.2) is 0 Å². The number of rotatable bonds is 5. The van der Waals surface area contributed by atoms with Gasteiger partial charge in [-0.2, -0.15) is 0 Å². The first kappa shape index (κ1) is 29.4. The van der Waals surface area contributed by atoms with Gasteiger partial charge in [0.2, 0.25) is 0 Å². The molecule has 0 aliphatic carbocycles. The van der Waals surface area contributed by atoms with E-state index >= 15 is 0 Å². The molecule has 0 heterocycles. The maximum atomic E-state index is 10.4. The molecule has 0 rings (SSSR count). The van der Waals surface area contributed by atoms with Gasteiger partial charge in [-0.25, -0.2) is 0 Å². The van der Waals surface area contributed by atoms with Gasteiger partial charge in [0, 0.05) is 0 Å². The molecule has 0 saturated carbocycles. The van der Waals surface area contributed by atoms with Crippen molar-refractivity contribution >= 4 is 25.8 Å². The third-order valence-electron chi connectivity index (χ3n) is 1.72. The molecular formula is C7H4K3O7P. The van der Waals surface area contributed by atoms with E-state index in [0.717, 1.165) is 0 Å². The Labute approximate surface area is 232 Å². The molecule has 0 aliphatic rings. The Balaban J connectivity index is -0.000000327. The molecule has 0 radical (unpaired) electrons. The van der Waals surface area contributed by atoms with E-state index in [9.17, 15) is 34.3 Å². The summed E-state index contributed by atoms with van der Waals surface area (Å²) in [6.07, 6.45) is -1.32. The van der Waals surface area contributed by atoms with Gasteiger partial charge in [0.1, 0.15) is 0 Å². The van der Waals surface area contributed by atoms with Crippen LogP contribution in [0.4, 0.5) is 0 Å². The molecule has 0 spiro atoms. The molecule has 0 unspecified atom stereocenters. The Morgan fingerprint density at radius 3 is 1.50 bits per heavy atom. The molecule has 0 N–H and O–H groups in total. The van der Waals surface area contributed by atoms with Crippen molar-refractivity contribution in [2.24, 2.45) is 5.41 Å². The molecular weight excluding hydrogens is 344 g/mol. The minimum Gasteiger partial charge on any atom is 1.00 e. The largest absolute Gasteiger partial charge is 1.00 e. The molecule has 18 heavy (non-hydrogen) atoms. The van der Waals surface area contributed by atoms with Gasteiger partial charge in [-0.15, -0.1) is 0 Å². The zero-order valence-electron chi connectivity index (χ0n) is 10.2. The van der Waals surface area contributed by atoms with Crippen LogP contribution in [-0.4, -0.2) is 17.9 Å². The maximum absolute atomic E-state index is 10.4. The fraction of sp³-hybridized carbons (Fsp3) is 0.429. The number of carboxylic acid groups (broad SMARTS) is 3. The summed E-state index contributed by atoms with van der Waals surface area (Å²) in [5, 5.41) is 31.3. The first-order valence-electron chi connectivity index (χ1n) is 3.59. The molecule has 0 atom stereocenters. The Morgan fingerprint density at radius 1 is 0.944 bits per heavy atom. The number of carbonyl (C=O) groups excluding carboxylic acids is 3. The van der Waals surface area contributed by atoms with Crippen molar-refractivity contribution in [1.29, 1.82) is 0 Å². The van der Waals surface area contributed by atoms with Crippen LogP contribution in [0.25, 0.3) is 0 Å². The van der Waals surface area contributed by atoms with Gasteiger partial charge in [0.25, 0.3) is 0 Å². The summed E-state index contributed by atoms with van der Waals surface area (Å²) in [6, 6.07) is 0. The molecule has 0 aromatic carbocycles. The summed E-state index contributed by atoms with van der Waals surface area (Å²) in [5.74, 6) is -7.02. The minimum atomic E-state index is -3.24. The van der Waals surface area contributed by atoms with E-state index in [-0.39, 0.29) is 154 Å². The van der Waals surface area contributed by atoms with Crippen molar-refractivity contribution in [2.45, 2.75) is 12.8 Å². The van der Waals surface area contributed by atoms with Crippen LogP contribution in [0.1, 0.15) is 12.8 Å². The molecule has 0 aromatic heterocycles. The van der Waals surface area contributed by atoms with Crippen LogP contribution < -0.4 is 169 Å². The predicted octanol–water partition coefficient (Wildman–Crippen LogP) is -12.7. The van der Waals surface area contributed by atoms with Gasteiger partial charge < -0.3 is 0 Å². The van der Waals surface area contributed by atoms with Crippen molar-refractivity contribution in [1.82, 2.24) is 0 Å². The summed E-state index contributed by atoms with van der Waals surface area (Å²) in [5.41, 5.74) is -1.23. The quantitative estimate of drug-likeness (QED) is 0.273. The number of aliphatic carboxylic acids is 3. The second-order valence-electron chi connectivity index (χ2n) is 2.52. The summed E-state index contributed by atoms with van der Waals surface area (Å²) in [6.45, 7) is 0. The fourth-order valence-corrected chi connectivity index (χ4v) is 1.05. The van der Waals surface area contributed by atoms with Crippen LogP contribution in [0.5, 0.6) is 0 Å². The summed E-state index contributed by atoms with van der Waals surface area (Å²) < 4.78 is 9.90. The van der Waals surface area contributed by atoms with E-state index in [1.807, 2.05) is 5.63 Å². The second kappa shape index (κ2) is 15.2. The minimum absolute atomic E-state index is 0. The SMILES string of the molecule is O=P#CCCC(C(=O)[O-])(C(=O)[O-])C(=O)[O-].[K+].[K+].[K+]. The molecule has 82 valence electrons. The molecule has 0 fully saturated rings. The topological polar surface area (TPSA) is 137 Å². The molecule has 0 aliphatic heterocycles. The van der Waals surface area contributed by atoms with Crippen LogP contribution in [0.2, 0.25) is 0 Å². The van der Waals surface area contributed by atoms with E-state index < -0.39 is 44.1 Å². The molecule has 7 nitrogen and oxygen atoms in total. The van der Waals surface area contributed by atoms with Gasteiger partial charge in [-0.05, 0) is 0 Å². The number of carbonyl (C=O) groups is 3. The van der Waals surface area contributed by atoms with E-state index in [4.69, 9.17) is 0 Å². The van der Waals surface area contributed by atoms with Crippen LogP contribution in [0.3, 0.4) is 0 Å². The van der Waals surface area contributed by atoms with Gasteiger partial charge in [-0.3, -0.25) is 0 Å². The van der Waals surface area contributed by atoms with Crippen molar-refractivity contribution in [3.05, 3.63) is 0 Å². The third kappa shape index (κ3) is 8.69. The smallest absolute Gasteiger partial charge is 1.00 e. The van der Waals surface area contributed by atoms with Crippen LogP contribution in [-0.2, 0) is 18.9 Å². The zero-order valence-corrected chi connectivity index (χ0v) is 20.5. The maximum Gasteiger partial charge on any atom is 1.00 e. The van der Waals surface area contributed by atoms with E-state index in [1.165, 1.54) is 0 Å². The molecule has 0 saturated heterocycles. The van der Waals surface area contributed by atoms with Crippen molar-refractivity contribution in [3.8, 4) is 5.63 Å². The van der Waals surface area contributed by atoms with E-state index in [2.05, 4.69) is 0 Å². The first-order valence-corrected chi connectivity index (χ1v) is 4.40. The van der Waals surface area contributed by atoms with Gasteiger partial charge in [0.15, 0.2) is 0 Å². The van der Waals surface area contributed by atoms with Crippen LogP contribution >= 0.6 is 7.92 Å². The molecule has 11 heteroatoms. The zero-order chi connectivity index (χ0) is 12.1. The number of hydrogen-bond donors (Lipinski definition) is 0. The number of hydrogen-bond acceptors (Lipinski definition) is 7. The first-order chi connectivity index (χ1) is 6.89. The predicted molar refractivity (Wildman–Crippen MR) is 38.2 cm³/mol. The molecule has 0 aromatic rings. The Kier molecular flexibility index (Phi) is 24.8. The summed E-state index contributed by atoms with van der Waals surface area (Å²) in [4.78, 5) is 31.3. The van der Waals surface area contributed by atoms with Crippen LogP contribution in [0, 0.1) is 11.0 Å². The molecule has 0 amide bonds. The Morgan fingerprint density at radius 2 is 1.28 bits per heavy atom. The Bertz CT molecular complexity index is 368. The van der Waals surface area contributed by atoms with Crippen molar-refractivity contribution in [3.63, 3.8) is 0 Å². The Hall–Kier alpha value is 3.33. The monoisotopic (exact) mass is 348 g/mol. The van der Waals surface area contributed by atoms with Gasteiger partial charge in [-0.1, -0.05) is 0 Å². The van der Waals surface area contributed by atoms with Gasteiger partial charge >= 0.3 is 238 Å². The summed E-state index contributed by atoms with van der Waals surface area (Å²) >= 11 is 0.